The first-order valence-corrected chi connectivity index (χ1v) is 11.0. The molecule has 1 aromatic heterocycles. The Bertz CT molecular complexity index is 1070. The number of benzene rings is 2. The molecule has 6 heteroatoms. The van der Waals surface area contributed by atoms with E-state index in [1.807, 2.05) is 49.4 Å². The summed E-state index contributed by atoms with van der Waals surface area (Å²) in [5, 5.41) is 3.20. The highest BCUT2D eigenvalue weighted by Gasteiger charge is 2.31. The fourth-order valence-corrected chi connectivity index (χ4v) is 4.46. The zero-order valence-corrected chi connectivity index (χ0v) is 18.1. The van der Waals surface area contributed by atoms with E-state index in [2.05, 4.69) is 15.2 Å². The van der Waals surface area contributed by atoms with Crippen molar-refractivity contribution in [2.75, 3.05) is 13.1 Å². The average molecular weight is 436 g/mol. The SMILES string of the molecule is Cc1ccccc1C(=O)NC(c1ccccn1)C1CCCN(Cc2cccc(F)c2F)C1. The zero-order valence-electron chi connectivity index (χ0n) is 18.1. The first-order valence-electron chi connectivity index (χ1n) is 11.0. The Morgan fingerprint density at radius 3 is 2.72 bits per heavy atom. The Morgan fingerprint density at radius 2 is 1.94 bits per heavy atom. The van der Waals surface area contributed by atoms with Gasteiger partial charge in [0.05, 0.1) is 11.7 Å². The smallest absolute Gasteiger partial charge is 0.252 e. The van der Waals surface area contributed by atoms with E-state index in [1.165, 1.54) is 6.07 Å². The van der Waals surface area contributed by atoms with Gasteiger partial charge < -0.3 is 5.32 Å². The second-order valence-corrected chi connectivity index (χ2v) is 8.37. The standard InChI is InChI=1S/C26H27F2N3O/c1-18-8-2-3-11-21(18)26(32)30-25(23-13-4-5-14-29-23)20-10-7-15-31(17-20)16-19-9-6-12-22(27)24(19)28/h2-6,8-9,11-14,20,25H,7,10,15-17H2,1H3,(H,30,32). The molecule has 0 aliphatic carbocycles. The maximum absolute atomic E-state index is 14.2. The quantitative estimate of drug-likeness (QED) is 0.589. The van der Waals surface area contributed by atoms with Crippen molar-refractivity contribution in [1.82, 2.24) is 15.2 Å². The number of amides is 1. The van der Waals surface area contributed by atoms with Crippen LogP contribution in [0.25, 0.3) is 0 Å². The molecule has 2 atom stereocenters. The molecule has 2 unspecified atom stereocenters. The Labute approximate surface area is 187 Å². The van der Waals surface area contributed by atoms with E-state index in [-0.39, 0.29) is 17.9 Å². The van der Waals surface area contributed by atoms with Crippen LogP contribution in [0.15, 0.2) is 66.9 Å². The van der Waals surface area contributed by atoms with Gasteiger partial charge in [0.2, 0.25) is 0 Å². The van der Waals surface area contributed by atoms with Crippen LogP contribution in [-0.4, -0.2) is 28.9 Å². The van der Waals surface area contributed by atoms with Crippen molar-refractivity contribution >= 4 is 5.91 Å². The van der Waals surface area contributed by atoms with Gasteiger partial charge in [0, 0.05) is 30.4 Å². The second-order valence-electron chi connectivity index (χ2n) is 8.37. The van der Waals surface area contributed by atoms with E-state index in [0.29, 0.717) is 24.2 Å². The van der Waals surface area contributed by atoms with E-state index >= 15 is 0 Å². The van der Waals surface area contributed by atoms with Crippen molar-refractivity contribution in [1.29, 1.82) is 0 Å². The number of nitrogens with one attached hydrogen (secondary N) is 1. The first kappa shape index (κ1) is 22.1. The number of hydrogen-bond acceptors (Lipinski definition) is 3. The van der Waals surface area contributed by atoms with Gasteiger partial charge in [-0.1, -0.05) is 36.4 Å². The summed E-state index contributed by atoms with van der Waals surface area (Å²) >= 11 is 0. The fraction of sp³-hybridized carbons (Fsp3) is 0.308. The van der Waals surface area contributed by atoms with Crippen LogP contribution in [-0.2, 0) is 6.54 Å². The van der Waals surface area contributed by atoms with Crippen molar-refractivity contribution in [3.8, 4) is 0 Å². The molecular formula is C26H27F2N3O. The van der Waals surface area contributed by atoms with Crippen LogP contribution in [0.1, 0.15) is 46.1 Å². The molecule has 1 aliphatic heterocycles. The Balaban J connectivity index is 1.55. The Hall–Kier alpha value is -3.12. The normalized spacial score (nSPS) is 17.7. The number of nitrogens with zero attached hydrogens (tertiary/aromatic N) is 2. The summed E-state index contributed by atoms with van der Waals surface area (Å²) in [4.78, 5) is 19.7. The molecular weight excluding hydrogens is 408 g/mol. The first-order chi connectivity index (χ1) is 15.5. The summed E-state index contributed by atoms with van der Waals surface area (Å²) in [5.74, 6) is -1.65. The van der Waals surface area contributed by atoms with Crippen LogP contribution in [0.2, 0.25) is 0 Å². The average Bonchev–Trinajstić information content (AvgIpc) is 2.81. The van der Waals surface area contributed by atoms with Gasteiger partial charge in [-0.2, -0.15) is 0 Å². The third-order valence-electron chi connectivity index (χ3n) is 6.12. The number of aromatic nitrogens is 1. The molecule has 0 saturated carbocycles. The highest BCUT2D eigenvalue weighted by Crippen LogP contribution is 2.30. The molecule has 1 fully saturated rings. The maximum atomic E-state index is 14.2. The maximum Gasteiger partial charge on any atom is 0.252 e. The lowest BCUT2D eigenvalue weighted by atomic mass is 9.88. The number of aryl methyl sites for hydroxylation is 1. The minimum Gasteiger partial charge on any atom is -0.343 e. The molecule has 0 radical (unpaired) electrons. The van der Waals surface area contributed by atoms with Crippen molar-refractivity contribution in [3.05, 3.63) is 101 Å². The summed E-state index contributed by atoms with van der Waals surface area (Å²) in [6, 6.07) is 17.2. The predicted octanol–water partition coefficient (Wildman–Crippen LogP) is 5.05. The number of pyridine rings is 1. The van der Waals surface area contributed by atoms with Gasteiger partial charge in [-0.05, 0) is 62.1 Å². The van der Waals surface area contributed by atoms with Gasteiger partial charge in [-0.3, -0.25) is 14.7 Å². The summed E-state index contributed by atoms with van der Waals surface area (Å²) in [7, 11) is 0. The van der Waals surface area contributed by atoms with E-state index in [4.69, 9.17) is 0 Å². The van der Waals surface area contributed by atoms with Crippen LogP contribution in [0, 0.1) is 24.5 Å². The van der Waals surface area contributed by atoms with Crippen LogP contribution in [0.5, 0.6) is 0 Å². The second kappa shape index (κ2) is 10.0. The van der Waals surface area contributed by atoms with Gasteiger partial charge in [-0.15, -0.1) is 0 Å². The minimum absolute atomic E-state index is 0.100. The van der Waals surface area contributed by atoms with Crippen LogP contribution in [0.3, 0.4) is 0 Å². The topological polar surface area (TPSA) is 45.2 Å². The van der Waals surface area contributed by atoms with E-state index in [1.54, 1.807) is 12.3 Å². The van der Waals surface area contributed by atoms with E-state index < -0.39 is 11.6 Å². The summed E-state index contributed by atoms with van der Waals surface area (Å²) < 4.78 is 27.9. The highest BCUT2D eigenvalue weighted by atomic mass is 19.2. The Morgan fingerprint density at radius 1 is 1.12 bits per heavy atom. The molecule has 2 aromatic carbocycles. The van der Waals surface area contributed by atoms with Gasteiger partial charge >= 0.3 is 0 Å². The molecule has 4 rings (SSSR count). The molecule has 1 N–H and O–H groups in total. The molecule has 1 amide bonds. The van der Waals surface area contributed by atoms with Gasteiger partial charge in [0.1, 0.15) is 0 Å². The summed E-state index contributed by atoms with van der Waals surface area (Å²) in [6.07, 6.45) is 3.55. The summed E-state index contributed by atoms with van der Waals surface area (Å²) in [5.41, 5.74) is 2.71. The van der Waals surface area contributed by atoms with Crippen LogP contribution >= 0.6 is 0 Å². The van der Waals surface area contributed by atoms with Crippen molar-refractivity contribution in [3.63, 3.8) is 0 Å². The van der Waals surface area contributed by atoms with Gasteiger partial charge in [-0.25, -0.2) is 8.78 Å². The molecule has 1 saturated heterocycles. The lowest BCUT2D eigenvalue weighted by Gasteiger charge is -2.37. The monoisotopic (exact) mass is 435 g/mol. The fourth-order valence-electron chi connectivity index (χ4n) is 4.46. The molecule has 1 aliphatic rings. The van der Waals surface area contributed by atoms with E-state index in [9.17, 15) is 13.6 Å². The lowest BCUT2D eigenvalue weighted by Crippen LogP contribution is -2.43. The molecule has 32 heavy (non-hydrogen) atoms. The zero-order chi connectivity index (χ0) is 22.5. The predicted molar refractivity (Wildman–Crippen MR) is 120 cm³/mol. The number of hydrogen-bond donors (Lipinski definition) is 1. The molecule has 2 heterocycles. The number of rotatable bonds is 6. The van der Waals surface area contributed by atoms with Crippen molar-refractivity contribution in [2.45, 2.75) is 32.4 Å². The lowest BCUT2D eigenvalue weighted by molar-refractivity contribution is 0.0873. The van der Waals surface area contributed by atoms with Crippen LogP contribution in [0.4, 0.5) is 8.78 Å². The molecule has 0 spiro atoms. The van der Waals surface area contributed by atoms with Crippen molar-refractivity contribution in [2.24, 2.45) is 5.92 Å². The van der Waals surface area contributed by atoms with Crippen LogP contribution < -0.4 is 5.32 Å². The number of carbonyl (C=O) groups is 1. The number of piperidine rings is 1. The third kappa shape index (κ3) is 5.02. The molecule has 166 valence electrons. The Kier molecular flexibility index (Phi) is 6.90. The van der Waals surface area contributed by atoms with Gasteiger partial charge in [0.25, 0.3) is 5.91 Å². The summed E-state index contributed by atoms with van der Waals surface area (Å²) in [6.45, 7) is 3.71. The number of carbonyl (C=O) groups excluding carboxylic acids is 1. The molecule has 3 aromatic rings. The minimum atomic E-state index is -0.826. The largest absolute Gasteiger partial charge is 0.343 e. The molecule has 4 nitrogen and oxygen atoms in total. The number of likely N-dealkylation sites (tertiary alicyclic amines) is 1. The molecule has 0 bridgehead atoms. The highest BCUT2D eigenvalue weighted by molar-refractivity contribution is 5.95. The number of halogens is 2. The van der Waals surface area contributed by atoms with E-state index in [0.717, 1.165) is 36.7 Å². The van der Waals surface area contributed by atoms with Gasteiger partial charge in [0.15, 0.2) is 11.6 Å². The third-order valence-corrected chi connectivity index (χ3v) is 6.12. The van der Waals surface area contributed by atoms with Crippen molar-refractivity contribution < 1.29 is 13.6 Å².